The van der Waals surface area contributed by atoms with Gasteiger partial charge in [-0.25, -0.2) is 37.4 Å². The molecular weight excluding hydrogens is 395 g/mol. The van der Waals surface area contributed by atoms with Gasteiger partial charge in [0.2, 0.25) is 0 Å². The summed E-state index contributed by atoms with van der Waals surface area (Å²) in [5.74, 6) is 0.498. The van der Waals surface area contributed by atoms with Gasteiger partial charge in [-0.3, -0.25) is 0 Å². The molecule has 0 spiro atoms. The SMILES string of the molecule is Cc1[nH]c(=O)c(-c2ccc(F)cc2)c(C)[n+]1-c1ccc(O)cc1.[O-][Cl+3]([O-])([O-])[O-]. The molecule has 2 aromatic carbocycles. The third-order valence-electron chi connectivity index (χ3n) is 3.79. The van der Waals surface area contributed by atoms with Crippen molar-refractivity contribution in [3.63, 3.8) is 0 Å². The lowest BCUT2D eigenvalue weighted by Crippen LogP contribution is -2.68. The highest BCUT2D eigenvalue weighted by atomic mass is 35.7. The van der Waals surface area contributed by atoms with Crippen LogP contribution in [0.15, 0.2) is 53.3 Å². The van der Waals surface area contributed by atoms with E-state index >= 15 is 0 Å². The van der Waals surface area contributed by atoms with Gasteiger partial charge in [0.15, 0.2) is 0 Å². The Morgan fingerprint density at radius 2 is 1.46 bits per heavy atom. The molecule has 3 aromatic rings. The Kier molecular flexibility index (Phi) is 6.49. The Hall–Kier alpha value is -2.82. The largest absolute Gasteiger partial charge is 0.508 e. The predicted octanol–water partition coefficient (Wildman–Crippen LogP) is -1.98. The maximum Gasteiger partial charge on any atom is 0.343 e. The van der Waals surface area contributed by atoms with Crippen LogP contribution >= 0.6 is 0 Å². The molecule has 2 N–H and O–H groups in total. The number of aromatic hydroxyl groups is 1. The minimum absolute atomic E-state index is 0.174. The van der Waals surface area contributed by atoms with Gasteiger partial charge >= 0.3 is 5.56 Å². The molecule has 8 nitrogen and oxygen atoms in total. The van der Waals surface area contributed by atoms with Gasteiger partial charge in [-0.15, -0.1) is 10.2 Å². The molecule has 0 bridgehead atoms. The molecule has 1 heterocycles. The number of aromatic amines is 1. The standard InChI is InChI=1S/C18H15FN2O2.ClHO4/c1-11-17(13-3-5-14(19)6-4-13)18(23)20-12(2)21(11)15-7-9-16(22)10-8-15;2-1(3,4)5/h3-10,22H,1-2H3;(H,2,3,4,5). The molecule has 0 aliphatic carbocycles. The molecule has 0 aliphatic rings. The fourth-order valence-electron chi connectivity index (χ4n) is 2.76. The normalized spacial score (nSPS) is 11.0. The number of benzene rings is 2. The summed E-state index contributed by atoms with van der Waals surface area (Å²) in [6.07, 6.45) is 0. The van der Waals surface area contributed by atoms with E-state index < -0.39 is 10.2 Å². The molecule has 0 aliphatic heterocycles. The van der Waals surface area contributed by atoms with Crippen LogP contribution in [0.1, 0.15) is 11.5 Å². The van der Waals surface area contributed by atoms with Crippen molar-refractivity contribution < 1.29 is 42.9 Å². The molecule has 0 fully saturated rings. The van der Waals surface area contributed by atoms with E-state index in [0.29, 0.717) is 17.0 Å². The number of H-pyrrole nitrogens is 1. The van der Waals surface area contributed by atoms with Crippen LogP contribution in [0.25, 0.3) is 16.8 Å². The lowest BCUT2D eigenvalue weighted by atomic mass is 10.1. The van der Waals surface area contributed by atoms with Gasteiger partial charge in [-0.2, -0.15) is 0 Å². The molecule has 3 rings (SSSR count). The summed E-state index contributed by atoms with van der Waals surface area (Å²) in [6.45, 7) is 3.64. The van der Waals surface area contributed by atoms with Crippen LogP contribution in [0, 0.1) is 29.9 Å². The highest BCUT2D eigenvalue weighted by molar-refractivity contribution is 5.63. The third kappa shape index (κ3) is 5.59. The fourth-order valence-corrected chi connectivity index (χ4v) is 2.76. The number of hydrogen-bond donors (Lipinski definition) is 2. The van der Waals surface area contributed by atoms with Crippen molar-refractivity contribution in [2.45, 2.75) is 13.8 Å². The van der Waals surface area contributed by atoms with Crippen LogP contribution in [-0.2, 0) is 0 Å². The molecule has 0 radical (unpaired) electrons. The summed E-state index contributed by atoms with van der Waals surface area (Å²) < 4.78 is 49.0. The summed E-state index contributed by atoms with van der Waals surface area (Å²) in [5, 5.41) is 9.44. The Bertz CT molecular complexity index is 1010. The smallest absolute Gasteiger partial charge is 0.343 e. The van der Waals surface area contributed by atoms with E-state index in [2.05, 4.69) is 4.98 Å². The quantitative estimate of drug-likeness (QED) is 0.468. The summed E-state index contributed by atoms with van der Waals surface area (Å²) in [4.78, 5) is 15.2. The van der Waals surface area contributed by atoms with Crippen LogP contribution in [0.4, 0.5) is 4.39 Å². The second kappa shape index (κ2) is 8.46. The molecule has 0 unspecified atom stereocenters. The van der Waals surface area contributed by atoms with Crippen molar-refractivity contribution >= 4 is 0 Å². The van der Waals surface area contributed by atoms with Gasteiger partial charge in [-0.1, -0.05) is 12.1 Å². The van der Waals surface area contributed by atoms with Crippen LogP contribution in [0.3, 0.4) is 0 Å². The van der Waals surface area contributed by atoms with Crippen molar-refractivity contribution in [3.8, 4) is 22.6 Å². The van der Waals surface area contributed by atoms with E-state index in [1.54, 1.807) is 43.3 Å². The van der Waals surface area contributed by atoms with Gasteiger partial charge in [0.05, 0.1) is 0 Å². The van der Waals surface area contributed by atoms with Gasteiger partial charge in [0, 0.05) is 6.92 Å². The second-order valence-corrected chi connectivity index (χ2v) is 6.49. The average Bonchev–Trinajstić information content (AvgIpc) is 2.56. The zero-order valence-electron chi connectivity index (χ0n) is 14.8. The monoisotopic (exact) mass is 410 g/mol. The lowest BCUT2D eigenvalue weighted by molar-refractivity contribution is -2.00. The summed E-state index contributed by atoms with van der Waals surface area (Å²) in [7, 11) is -4.94. The molecule has 0 saturated carbocycles. The number of phenols is 1. The number of aromatic nitrogens is 2. The number of aryl methyl sites for hydroxylation is 1. The van der Waals surface area contributed by atoms with Crippen LogP contribution < -0.4 is 28.8 Å². The first-order valence-corrected chi connectivity index (χ1v) is 9.03. The minimum Gasteiger partial charge on any atom is -0.508 e. The topological polar surface area (TPSA) is 149 Å². The maximum atomic E-state index is 13.1. The average molecular weight is 411 g/mol. The summed E-state index contributed by atoms with van der Waals surface area (Å²) in [6, 6.07) is 12.5. The minimum atomic E-state index is -4.94. The first-order valence-electron chi connectivity index (χ1n) is 7.80. The maximum absolute atomic E-state index is 13.1. The van der Waals surface area contributed by atoms with Gasteiger partial charge in [0.1, 0.15) is 28.5 Å². The van der Waals surface area contributed by atoms with Gasteiger partial charge in [-0.05, 0) is 48.9 Å². The number of nitrogens with zero attached hydrogens (tertiary/aromatic N) is 1. The highest BCUT2D eigenvalue weighted by Gasteiger charge is 2.20. The summed E-state index contributed by atoms with van der Waals surface area (Å²) >= 11 is 0. The molecule has 10 heteroatoms. The van der Waals surface area contributed by atoms with E-state index in [4.69, 9.17) is 18.6 Å². The Morgan fingerprint density at radius 3 is 1.96 bits per heavy atom. The van der Waals surface area contributed by atoms with Crippen molar-refractivity contribution in [1.82, 2.24) is 4.98 Å². The van der Waals surface area contributed by atoms with Crippen LogP contribution in [0.5, 0.6) is 5.75 Å². The zero-order chi connectivity index (χ0) is 21.1. The van der Waals surface area contributed by atoms with E-state index in [9.17, 15) is 14.3 Å². The van der Waals surface area contributed by atoms with Crippen molar-refractivity contribution in [2.75, 3.05) is 0 Å². The lowest BCUT2D eigenvalue weighted by Gasteiger charge is -2.17. The van der Waals surface area contributed by atoms with E-state index in [1.807, 2.05) is 11.5 Å². The Labute approximate surface area is 161 Å². The molecule has 28 heavy (non-hydrogen) atoms. The molecular formula is C18H16ClFN2O6. The number of halogens is 2. The first kappa shape index (κ1) is 21.5. The van der Waals surface area contributed by atoms with E-state index in [-0.39, 0.29) is 17.1 Å². The van der Waals surface area contributed by atoms with Gasteiger partial charge in [0.25, 0.3) is 5.82 Å². The molecule has 0 atom stereocenters. The highest BCUT2D eigenvalue weighted by Crippen LogP contribution is 2.19. The molecule has 148 valence electrons. The van der Waals surface area contributed by atoms with Crippen LogP contribution in [-0.4, -0.2) is 10.1 Å². The molecule has 0 saturated heterocycles. The van der Waals surface area contributed by atoms with E-state index in [0.717, 1.165) is 11.4 Å². The Balaban J connectivity index is 0.000000500. The fraction of sp³-hybridized carbons (Fsp3) is 0.111. The van der Waals surface area contributed by atoms with Gasteiger partial charge < -0.3 is 5.11 Å². The Morgan fingerprint density at radius 1 is 0.964 bits per heavy atom. The number of phenolic OH excluding ortho intramolecular Hbond substituents is 1. The van der Waals surface area contributed by atoms with Crippen molar-refractivity contribution in [2.24, 2.45) is 0 Å². The molecule has 0 amide bonds. The molecule has 1 aromatic heterocycles. The first-order chi connectivity index (χ1) is 13.0. The summed E-state index contributed by atoms with van der Waals surface area (Å²) in [5.41, 5.74) is 2.48. The number of hydrogen-bond acceptors (Lipinski definition) is 6. The predicted molar refractivity (Wildman–Crippen MR) is 85.1 cm³/mol. The number of rotatable bonds is 2. The van der Waals surface area contributed by atoms with Crippen molar-refractivity contribution in [3.05, 3.63) is 76.2 Å². The zero-order valence-corrected chi connectivity index (χ0v) is 15.6. The third-order valence-corrected chi connectivity index (χ3v) is 3.79. The second-order valence-electron chi connectivity index (χ2n) is 5.74. The van der Waals surface area contributed by atoms with E-state index in [1.165, 1.54) is 12.1 Å². The van der Waals surface area contributed by atoms with Crippen molar-refractivity contribution in [1.29, 1.82) is 0 Å². The van der Waals surface area contributed by atoms with Crippen LogP contribution in [0.2, 0.25) is 0 Å². The number of nitrogens with one attached hydrogen (secondary N) is 1.